The van der Waals surface area contributed by atoms with Crippen LogP contribution in [-0.2, 0) is 11.3 Å². The monoisotopic (exact) mass is 377 g/mol. The normalized spacial score (nSPS) is 13.7. The fourth-order valence-corrected chi connectivity index (χ4v) is 2.51. The van der Waals surface area contributed by atoms with Gasteiger partial charge in [-0.2, -0.15) is 4.80 Å². The van der Waals surface area contributed by atoms with Crippen molar-refractivity contribution in [1.29, 1.82) is 0 Å². The number of aliphatic hydroxyl groups is 1. The number of benzene rings is 1. The first-order valence-corrected chi connectivity index (χ1v) is 8.75. The van der Waals surface area contributed by atoms with Gasteiger partial charge in [0.2, 0.25) is 0 Å². The number of hydrogen-bond donors (Lipinski definition) is 2. The summed E-state index contributed by atoms with van der Waals surface area (Å²) in [4.78, 5) is 13.6. The van der Waals surface area contributed by atoms with Crippen LogP contribution in [0.15, 0.2) is 24.3 Å². The molecule has 27 heavy (non-hydrogen) atoms. The maximum atomic E-state index is 12.3. The van der Waals surface area contributed by atoms with Crippen LogP contribution in [0.5, 0.6) is 5.75 Å². The molecule has 1 aromatic carbocycles. The lowest BCUT2D eigenvalue weighted by molar-refractivity contribution is 0.0494. The van der Waals surface area contributed by atoms with Crippen molar-refractivity contribution in [2.24, 2.45) is 0 Å². The van der Waals surface area contributed by atoms with Gasteiger partial charge in [0.25, 0.3) is 0 Å². The van der Waals surface area contributed by atoms with E-state index in [1.807, 2.05) is 31.2 Å². The zero-order chi connectivity index (χ0) is 20.0. The van der Waals surface area contributed by atoms with Crippen molar-refractivity contribution in [1.82, 2.24) is 25.5 Å². The maximum Gasteiger partial charge on any atom is 0.408 e. The Morgan fingerprint density at radius 3 is 2.52 bits per heavy atom. The third-order valence-electron chi connectivity index (χ3n) is 3.86. The third kappa shape index (κ3) is 5.92. The summed E-state index contributed by atoms with van der Waals surface area (Å²) in [5.41, 5.74) is 0.343. The van der Waals surface area contributed by atoms with Crippen LogP contribution in [0.2, 0.25) is 0 Å². The Kier molecular flexibility index (Phi) is 6.73. The van der Waals surface area contributed by atoms with Crippen LogP contribution in [0.4, 0.5) is 4.79 Å². The number of hydrogen-bond acceptors (Lipinski definition) is 7. The van der Waals surface area contributed by atoms with Gasteiger partial charge in [-0.3, -0.25) is 0 Å². The Labute approximate surface area is 158 Å². The van der Waals surface area contributed by atoms with Gasteiger partial charge < -0.3 is 19.9 Å². The summed E-state index contributed by atoms with van der Waals surface area (Å²) < 4.78 is 10.6. The van der Waals surface area contributed by atoms with Crippen molar-refractivity contribution in [3.05, 3.63) is 35.7 Å². The number of amides is 1. The molecule has 1 amide bonds. The topological polar surface area (TPSA) is 111 Å². The second kappa shape index (κ2) is 8.81. The van der Waals surface area contributed by atoms with E-state index in [1.54, 1.807) is 27.9 Å². The van der Waals surface area contributed by atoms with Gasteiger partial charge in [0.15, 0.2) is 5.82 Å². The van der Waals surface area contributed by atoms with Gasteiger partial charge in [0.1, 0.15) is 17.4 Å². The average Bonchev–Trinajstić information content (AvgIpc) is 3.06. The number of aliphatic hydroxyl groups excluding tert-OH is 1. The van der Waals surface area contributed by atoms with Crippen molar-refractivity contribution < 1.29 is 19.4 Å². The van der Waals surface area contributed by atoms with Gasteiger partial charge in [-0.15, -0.1) is 10.2 Å². The molecule has 0 aliphatic heterocycles. The summed E-state index contributed by atoms with van der Waals surface area (Å²) in [6.45, 7) is 7.46. The standard InChI is InChI=1S/C18H27N5O4/c1-12(13-6-8-14(26-5)9-7-13)15(19-17(25)27-18(2,3)4)16-20-22-23(21-16)10-11-24/h6-9,12,15,24H,10-11H2,1-5H3,(H,19,25)/t12-,15-/m0/s1. The number of alkyl carbamates (subject to hydrolysis) is 1. The second-order valence-electron chi connectivity index (χ2n) is 7.15. The van der Waals surface area contributed by atoms with E-state index in [-0.39, 0.29) is 19.1 Å². The van der Waals surface area contributed by atoms with Gasteiger partial charge in [-0.1, -0.05) is 19.1 Å². The van der Waals surface area contributed by atoms with Crippen molar-refractivity contribution in [2.75, 3.05) is 13.7 Å². The van der Waals surface area contributed by atoms with E-state index in [1.165, 1.54) is 4.80 Å². The molecule has 2 rings (SSSR count). The highest BCUT2D eigenvalue weighted by molar-refractivity contribution is 5.68. The van der Waals surface area contributed by atoms with E-state index in [4.69, 9.17) is 14.6 Å². The number of tetrazole rings is 1. The number of nitrogens with one attached hydrogen (secondary N) is 1. The first-order chi connectivity index (χ1) is 12.7. The molecule has 0 fully saturated rings. The molecule has 0 bridgehead atoms. The highest BCUT2D eigenvalue weighted by atomic mass is 16.6. The second-order valence-corrected chi connectivity index (χ2v) is 7.15. The fraction of sp³-hybridized carbons (Fsp3) is 0.556. The number of carbonyl (C=O) groups is 1. The zero-order valence-corrected chi connectivity index (χ0v) is 16.3. The fourth-order valence-electron chi connectivity index (χ4n) is 2.51. The van der Waals surface area contributed by atoms with Crippen molar-refractivity contribution >= 4 is 6.09 Å². The van der Waals surface area contributed by atoms with E-state index in [2.05, 4.69) is 20.7 Å². The molecule has 1 aromatic heterocycles. The van der Waals surface area contributed by atoms with Crippen LogP contribution in [0, 0.1) is 0 Å². The van der Waals surface area contributed by atoms with E-state index >= 15 is 0 Å². The largest absolute Gasteiger partial charge is 0.497 e. The molecule has 0 spiro atoms. The first-order valence-electron chi connectivity index (χ1n) is 8.75. The highest BCUT2D eigenvalue weighted by Gasteiger charge is 2.29. The third-order valence-corrected chi connectivity index (χ3v) is 3.86. The van der Waals surface area contributed by atoms with Gasteiger partial charge in [-0.05, 0) is 43.7 Å². The molecule has 2 N–H and O–H groups in total. The molecule has 0 radical (unpaired) electrons. The first kappa shape index (κ1) is 20.6. The Bertz CT molecular complexity index is 739. The molecule has 0 aliphatic rings. The van der Waals surface area contributed by atoms with E-state index in [0.717, 1.165) is 11.3 Å². The maximum absolute atomic E-state index is 12.3. The molecular weight excluding hydrogens is 350 g/mol. The lowest BCUT2D eigenvalue weighted by Crippen LogP contribution is -2.37. The molecule has 0 saturated heterocycles. The molecule has 0 aliphatic carbocycles. The summed E-state index contributed by atoms with van der Waals surface area (Å²) >= 11 is 0. The predicted octanol–water partition coefficient (Wildman–Crippen LogP) is 2.04. The Morgan fingerprint density at radius 2 is 1.96 bits per heavy atom. The summed E-state index contributed by atoms with van der Waals surface area (Å²) in [5.74, 6) is 0.933. The van der Waals surface area contributed by atoms with E-state index < -0.39 is 17.7 Å². The zero-order valence-electron chi connectivity index (χ0n) is 16.3. The Balaban J connectivity index is 2.27. The number of rotatable bonds is 7. The summed E-state index contributed by atoms with van der Waals surface area (Å²) in [6.07, 6.45) is -0.564. The number of carbonyl (C=O) groups excluding carboxylic acids is 1. The molecule has 2 aromatic rings. The molecule has 0 saturated carbocycles. The molecule has 1 heterocycles. The summed E-state index contributed by atoms with van der Waals surface area (Å²) in [6, 6.07) is 7.00. The van der Waals surface area contributed by atoms with Crippen LogP contribution in [0.25, 0.3) is 0 Å². The molecule has 9 nitrogen and oxygen atoms in total. The predicted molar refractivity (Wildman–Crippen MR) is 98.4 cm³/mol. The van der Waals surface area contributed by atoms with Gasteiger partial charge in [0.05, 0.1) is 20.3 Å². The molecule has 0 unspecified atom stereocenters. The van der Waals surface area contributed by atoms with Crippen LogP contribution in [0.1, 0.15) is 51.0 Å². The minimum atomic E-state index is -0.625. The smallest absolute Gasteiger partial charge is 0.408 e. The molecular formula is C18H27N5O4. The van der Waals surface area contributed by atoms with Crippen LogP contribution in [-0.4, -0.2) is 50.7 Å². The van der Waals surface area contributed by atoms with Crippen LogP contribution < -0.4 is 10.1 Å². The highest BCUT2D eigenvalue weighted by Crippen LogP contribution is 2.30. The Morgan fingerprint density at radius 1 is 1.30 bits per heavy atom. The van der Waals surface area contributed by atoms with E-state index in [0.29, 0.717) is 5.82 Å². The van der Waals surface area contributed by atoms with Crippen molar-refractivity contribution in [2.45, 2.75) is 51.8 Å². The number of ether oxygens (including phenoxy) is 2. The average molecular weight is 377 g/mol. The lowest BCUT2D eigenvalue weighted by Gasteiger charge is -2.26. The minimum absolute atomic E-state index is 0.103. The van der Waals surface area contributed by atoms with Crippen molar-refractivity contribution in [3.63, 3.8) is 0 Å². The molecule has 2 atom stereocenters. The quantitative estimate of drug-likeness (QED) is 0.759. The number of aromatic nitrogens is 4. The Hall–Kier alpha value is -2.68. The number of methoxy groups -OCH3 is 1. The SMILES string of the molecule is COc1ccc([C@H](C)[C@H](NC(=O)OC(C)(C)C)c2nnn(CCO)n2)cc1. The van der Waals surface area contributed by atoms with Gasteiger partial charge in [-0.25, -0.2) is 4.79 Å². The van der Waals surface area contributed by atoms with Crippen LogP contribution >= 0.6 is 0 Å². The summed E-state index contributed by atoms with van der Waals surface area (Å²) in [5, 5.41) is 24.1. The van der Waals surface area contributed by atoms with Crippen molar-refractivity contribution in [3.8, 4) is 5.75 Å². The van der Waals surface area contributed by atoms with E-state index in [9.17, 15) is 4.79 Å². The minimum Gasteiger partial charge on any atom is -0.497 e. The number of nitrogens with zero attached hydrogens (tertiary/aromatic N) is 4. The summed E-state index contributed by atoms with van der Waals surface area (Å²) in [7, 11) is 1.61. The van der Waals surface area contributed by atoms with Gasteiger partial charge in [0, 0.05) is 5.92 Å². The van der Waals surface area contributed by atoms with Crippen LogP contribution in [0.3, 0.4) is 0 Å². The lowest BCUT2D eigenvalue weighted by atomic mass is 9.93. The van der Waals surface area contributed by atoms with Gasteiger partial charge >= 0.3 is 6.09 Å². The molecule has 9 heteroatoms. The molecule has 148 valence electrons.